The molecule has 1 aliphatic heterocycles. The maximum atomic E-state index is 12.5. The molecule has 2 fully saturated rings. The average Bonchev–Trinajstić information content (AvgIpc) is 2.61. The highest BCUT2D eigenvalue weighted by molar-refractivity contribution is 7.74. The van der Waals surface area contributed by atoms with Crippen LogP contribution in [-0.4, -0.2) is 58.9 Å². The average molecular weight is 409 g/mol. The van der Waals surface area contributed by atoms with Crippen LogP contribution < -0.4 is 0 Å². The summed E-state index contributed by atoms with van der Waals surface area (Å²) in [5, 5.41) is 0. The molecule has 1 aliphatic carbocycles. The Kier molecular flexibility index (Phi) is 7.35. The number of thiol groups is 1. The van der Waals surface area contributed by atoms with Crippen LogP contribution in [0.15, 0.2) is 34.7 Å². The van der Waals surface area contributed by atoms with Gasteiger partial charge >= 0.3 is 6.09 Å². The van der Waals surface area contributed by atoms with E-state index in [2.05, 4.69) is 28.6 Å². The molecule has 1 unspecified atom stereocenters. The Morgan fingerprint density at radius 1 is 1.29 bits per heavy atom. The summed E-state index contributed by atoms with van der Waals surface area (Å²) in [5.74, 6) is 0.546. The third-order valence-electron chi connectivity index (χ3n) is 5.49. The third-order valence-corrected chi connectivity index (χ3v) is 6.12. The second-order valence-corrected chi connectivity index (χ2v) is 9.18. The molecule has 2 aliphatic rings. The molecule has 1 heterocycles. The van der Waals surface area contributed by atoms with Gasteiger partial charge in [-0.2, -0.15) is 0 Å². The Hall–Kier alpha value is -1.60. The van der Waals surface area contributed by atoms with Gasteiger partial charge in [-0.05, 0) is 51.0 Å². The maximum absolute atomic E-state index is 12.5. The topological polar surface area (TPSA) is 68.2 Å². The Balaban J connectivity index is 1.60. The molecule has 0 N–H and O–H groups in total. The van der Waals surface area contributed by atoms with Gasteiger partial charge in [0, 0.05) is 23.4 Å². The fraction of sp³-hybridized carbons (Fsp3) is 0.667. The van der Waals surface area contributed by atoms with E-state index in [0.29, 0.717) is 19.1 Å². The lowest BCUT2D eigenvalue weighted by molar-refractivity contribution is -0.0486. The second-order valence-electron chi connectivity index (χ2n) is 8.02. The molecule has 3 rings (SSSR count). The second kappa shape index (κ2) is 9.74. The van der Waals surface area contributed by atoms with Gasteiger partial charge in [-0.1, -0.05) is 30.3 Å². The van der Waals surface area contributed by atoms with Crippen LogP contribution in [0.4, 0.5) is 4.79 Å². The number of carbonyl (C=O) groups excluding carboxylic acids is 1. The number of benzene rings is 1. The van der Waals surface area contributed by atoms with Crippen molar-refractivity contribution >= 4 is 16.7 Å². The fourth-order valence-electron chi connectivity index (χ4n) is 4.01. The summed E-state index contributed by atoms with van der Waals surface area (Å²) in [6.07, 6.45) is 4.96. The van der Waals surface area contributed by atoms with Crippen LogP contribution in [0.2, 0.25) is 0 Å². The van der Waals surface area contributed by atoms with Gasteiger partial charge < -0.3 is 14.4 Å². The van der Waals surface area contributed by atoms with Crippen LogP contribution in [0.1, 0.15) is 51.0 Å². The Bertz CT molecular complexity index is 727. The number of likely N-dealkylation sites (tertiary alicyclic amines) is 1. The monoisotopic (exact) mass is 408 g/mol. The first kappa shape index (κ1) is 21.1. The van der Waals surface area contributed by atoms with Crippen molar-refractivity contribution in [2.24, 2.45) is 4.36 Å². The van der Waals surface area contributed by atoms with Crippen molar-refractivity contribution in [3.63, 3.8) is 0 Å². The standard InChI is InChI=1S/C21H32N2O4S/c1-15(2)27-21(24)23-11-7-10-19(22-28(3)25)20(23)14-26-18-12-17(13-18)16-8-5-4-6-9-16/h4-6,8-9,15,17-20,28H,7,10-14H2,1-3H3/t17-,18+,19-,20-/m0/s1. The number of nitrogens with zero attached hydrogens (tertiary/aromatic N) is 2. The molecule has 7 heteroatoms. The van der Waals surface area contributed by atoms with Crippen LogP contribution in [-0.2, 0) is 20.1 Å². The summed E-state index contributed by atoms with van der Waals surface area (Å²) in [6, 6.07) is 10.1. The summed E-state index contributed by atoms with van der Waals surface area (Å²) in [4.78, 5) is 14.3. The molecule has 1 aromatic rings. The first-order chi connectivity index (χ1) is 13.4. The van der Waals surface area contributed by atoms with Crippen molar-refractivity contribution in [3.8, 4) is 0 Å². The summed E-state index contributed by atoms with van der Waals surface area (Å²) in [6.45, 7) is 4.73. The van der Waals surface area contributed by atoms with Gasteiger partial charge in [0.2, 0.25) is 0 Å². The van der Waals surface area contributed by atoms with Crippen LogP contribution in [0.25, 0.3) is 0 Å². The van der Waals surface area contributed by atoms with E-state index in [1.165, 1.54) is 5.56 Å². The molecule has 0 bridgehead atoms. The molecule has 1 aromatic carbocycles. The van der Waals surface area contributed by atoms with E-state index in [0.717, 1.165) is 25.7 Å². The van der Waals surface area contributed by atoms with Crippen molar-refractivity contribution in [3.05, 3.63) is 35.9 Å². The molecule has 0 spiro atoms. The molecule has 3 atom stereocenters. The van der Waals surface area contributed by atoms with Gasteiger partial charge in [0.05, 0.1) is 30.9 Å². The van der Waals surface area contributed by atoms with Crippen molar-refractivity contribution in [2.75, 3.05) is 19.4 Å². The van der Waals surface area contributed by atoms with E-state index < -0.39 is 10.6 Å². The summed E-state index contributed by atoms with van der Waals surface area (Å²) in [7, 11) is -1.62. The van der Waals surface area contributed by atoms with E-state index in [1.807, 2.05) is 19.9 Å². The predicted molar refractivity (Wildman–Crippen MR) is 111 cm³/mol. The highest BCUT2D eigenvalue weighted by atomic mass is 32.2. The normalized spacial score (nSPS) is 28.8. The van der Waals surface area contributed by atoms with Crippen molar-refractivity contribution in [1.82, 2.24) is 4.90 Å². The molecule has 28 heavy (non-hydrogen) atoms. The smallest absolute Gasteiger partial charge is 0.410 e. The van der Waals surface area contributed by atoms with Gasteiger partial charge in [-0.25, -0.2) is 9.16 Å². The first-order valence-electron chi connectivity index (χ1n) is 10.2. The number of carbonyl (C=O) groups is 1. The van der Waals surface area contributed by atoms with E-state index >= 15 is 0 Å². The molecule has 0 radical (unpaired) electrons. The van der Waals surface area contributed by atoms with Crippen molar-refractivity contribution in [2.45, 2.75) is 69.7 Å². The fourth-order valence-corrected chi connectivity index (χ4v) is 4.70. The minimum atomic E-state index is -1.62. The third kappa shape index (κ3) is 5.47. The largest absolute Gasteiger partial charge is 0.447 e. The summed E-state index contributed by atoms with van der Waals surface area (Å²) in [5.41, 5.74) is 1.36. The van der Waals surface area contributed by atoms with Gasteiger partial charge in [-0.15, -0.1) is 0 Å². The van der Waals surface area contributed by atoms with Crippen LogP contribution in [0, 0.1) is 0 Å². The molecule has 156 valence electrons. The van der Waals surface area contributed by atoms with Crippen LogP contribution in [0.5, 0.6) is 0 Å². The number of rotatable bonds is 6. The minimum Gasteiger partial charge on any atom is -0.447 e. The number of ether oxygens (including phenoxy) is 2. The molecule has 1 saturated heterocycles. The quantitative estimate of drug-likeness (QED) is 0.730. The van der Waals surface area contributed by atoms with Crippen LogP contribution >= 0.6 is 0 Å². The van der Waals surface area contributed by atoms with Gasteiger partial charge in [0.25, 0.3) is 0 Å². The molecular weight excluding hydrogens is 376 g/mol. The van der Waals surface area contributed by atoms with E-state index in [-0.39, 0.29) is 30.4 Å². The number of amides is 1. The highest BCUT2D eigenvalue weighted by Gasteiger charge is 2.38. The summed E-state index contributed by atoms with van der Waals surface area (Å²) < 4.78 is 27.7. The van der Waals surface area contributed by atoms with Gasteiger partial charge in [0.1, 0.15) is 0 Å². The van der Waals surface area contributed by atoms with Crippen LogP contribution in [0.3, 0.4) is 0 Å². The SMILES string of the molecule is CC(C)OC(=O)N1CCC[C@H](/N=[SH](\C)=O)[C@@H]1CO[C@H]1C[C@@H](c2ccccc2)C1. The lowest BCUT2D eigenvalue weighted by atomic mass is 9.77. The zero-order valence-electron chi connectivity index (χ0n) is 17.0. The van der Waals surface area contributed by atoms with Crippen molar-refractivity contribution < 1.29 is 18.5 Å². The Labute approximate surface area is 169 Å². The van der Waals surface area contributed by atoms with E-state index in [1.54, 1.807) is 11.2 Å². The first-order valence-corrected chi connectivity index (χ1v) is 11.9. The lowest BCUT2D eigenvalue weighted by Gasteiger charge is -2.41. The van der Waals surface area contributed by atoms with E-state index in [9.17, 15) is 9.00 Å². The predicted octanol–water partition coefficient (Wildman–Crippen LogP) is 3.62. The molecule has 0 aromatic heterocycles. The number of piperidine rings is 1. The van der Waals surface area contributed by atoms with E-state index in [4.69, 9.17) is 9.47 Å². The molecule has 6 nitrogen and oxygen atoms in total. The maximum Gasteiger partial charge on any atom is 0.410 e. The zero-order valence-corrected chi connectivity index (χ0v) is 17.9. The highest BCUT2D eigenvalue weighted by Crippen LogP contribution is 2.39. The number of hydrogen-bond acceptors (Lipinski definition) is 5. The Morgan fingerprint density at radius 3 is 2.64 bits per heavy atom. The Morgan fingerprint density at radius 2 is 2.00 bits per heavy atom. The summed E-state index contributed by atoms with van der Waals surface area (Å²) >= 11 is 0. The number of hydrogen-bond donors (Lipinski definition) is 1. The zero-order chi connectivity index (χ0) is 20.1. The van der Waals surface area contributed by atoms with Gasteiger partial charge in [-0.3, -0.25) is 4.21 Å². The lowest BCUT2D eigenvalue weighted by Crippen LogP contribution is -2.54. The molecular formula is C21H32N2O4S. The van der Waals surface area contributed by atoms with Gasteiger partial charge in [0.15, 0.2) is 0 Å². The molecule has 1 saturated carbocycles. The molecule has 1 amide bonds. The minimum absolute atomic E-state index is 0.160. The van der Waals surface area contributed by atoms with Crippen molar-refractivity contribution in [1.29, 1.82) is 0 Å².